The van der Waals surface area contributed by atoms with Gasteiger partial charge in [0, 0.05) is 33.2 Å². The highest BCUT2D eigenvalue weighted by Crippen LogP contribution is 2.36. The van der Waals surface area contributed by atoms with Crippen molar-refractivity contribution in [3.05, 3.63) is 206 Å². The van der Waals surface area contributed by atoms with Crippen molar-refractivity contribution in [3.63, 3.8) is 0 Å². The molecule has 0 fully saturated rings. The lowest BCUT2D eigenvalue weighted by atomic mass is 10.00. The average Bonchev–Trinajstić information content (AvgIpc) is 3.61. The number of para-hydroxylation sites is 1. The molecule has 57 heavy (non-hydrogen) atoms. The minimum Gasteiger partial charge on any atom is -0.309 e. The van der Waals surface area contributed by atoms with Crippen molar-refractivity contribution in [1.29, 1.82) is 0 Å². The normalized spacial score (nSPS) is 11.5. The zero-order valence-electron chi connectivity index (χ0n) is 30.9. The quantitative estimate of drug-likeness (QED) is 0.171. The van der Waals surface area contributed by atoms with Crippen LogP contribution in [0.5, 0.6) is 0 Å². The maximum atomic E-state index is 5.11. The molecule has 2 aromatic heterocycles. The van der Waals surface area contributed by atoms with E-state index in [1.54, 1.807) is 0 Å². The summed E-state index contributed by atoms with van der Waals surface area (Å²) < 4.78 is 2.38. The van der Waals surface area contributed by atoms with Crippen LogP contribution in [0.2, 0.25) is 0 Å². The maximum absolute atomic E-state index is 5.11. The highest BCUT2D eigenvalue weighted by molar-refractivity contribution is 6.13. The number of fused-ring (bicyclic) bond motifs is 5. The summed E-state index contributed by atoms with van der Waals surface area (Å²) in [6, 6.07) is 73.0. The van der Waals surface area contributed by atoms with Gasteiger partial charge >= 0.3 is 0 Å². The third kappa shape index (κ3) is 5.92. The zero-order valence-corrected chi connectivity index (χ0v) is 30.9. The van der Waals surface area contributed by atoms with E-state index in [4.69, 9.17) is 15.0 Å². The van der Waals surface area contributed by atoms with E-state index < -0.39 is 0 Å². The lowest BCUT2D eigenvalue weighted by molar-refractivity contribution is 1.07. The van der Waals surface area contributed by atoms with Crippen LogP contribution in [-0.2, 0) is 0 Å². The molecule has 2 heterocycles. The summed E-state index contributed by atoms with van der Waals surface area (Å²) in [5.74, 6) is 1.92. The topological polar surface area (TPSA) is 43.6 Å². The van der Waals surface area contributed by atoms with Gasteiger partial charge < -0.3 is 4.57 Å². The van der Waals surface area contributed by atoms with Crippen molar-refractivity contribution in [1.82, 2.24) is 19.5 Å². The molecule has 11 rings (SSSR count). The molecule has 0 atom stereocenters. The smallest absolute Gasteiger partial charge is 0.164 e. The predicted molar refractivity (Wildman–Crippen MR) is 236 cm³/mol. The Bertz CT molecular complexity index is 3280. The van der Waals surface area contributed by atoms with E-state index >= 15 is 0 Å². The fourth-order valence-corrected chi connectivity index (χ4v) is 8.12. The number of rotatable bonds is 6. The third-order valence-corrected chi connectivity index (χ3v) is 11.0. The van der Waals surface area contributed by atoms with Crippen molar-refractivity contribution in [2.45, 2.75) is 0 Å². The Balaban J connectivity index is 0.974. The molecule has 0 amide bonds. The fraction of sp³-hybridized carbons (Fsp3) is 0. The van der Waals surface area contributed by atoms with Gasteiger partial charge in [0.25, 0.3) is 0 Å². The molecular weight excluding hydrogens is 693 g/mol. The Morgan fingerprint density at radius 2 is 0.737 bits per heavy atom. The summed E-state index contributed by atoms with van der Waals surface area (Å²) in [5, 5.41) is 7.30. The standard InChI is InChI=1S/C53H34N4/c1-3-12-35(13-4-1)41-22-23-43-32-45(25-24-42(43)30-41)53-55-51(37-14-5-2-6-15-37)54-52(56-53)44-19-11-18-38(31-44)36-26-28-46(29-27-36)57-49-21-10-9-20-47(49)48-33-39-16-7-8-17-40(39)34-50(48)57/h1-34H. The molecule has 4 nitrogen and oxygen atoms in total. The van der Waals surface area contributed by atoms with Gasteiger partial charge in [-0.1, -0.05) is 158 Å². The summed E-state index contributed by atoms with van der Waals surface area (Å²) in [6.07, 6.45) is 0. The van der Waals surface area contributed by atoms with Gasteiger partial charge in [-0.3, -0.25) is 0 Å². The lowest BCUT2D eigenvalue weighted by Crippen LogP contribution is -2.00. The van der Waals surface area contributed by atoms with Crippen LogP contribution in [0.25, 0.3) is 105 Å². The van der Waals surface area contributed by atoms with Gasteiger partial charge in [-0.15, -0.1) is 0 Å². The first-order valence-electron chi connectivity index (χ1n) is 19.3. The predicted octanol–water partition coefficient (Wildman–Crippen LogP) is 13.6. The maximum Gasteiger partial charge on any atom is 0.164 e. The van der Waals surface area contributed by atoms with E-state index in [1.807, 2.05) is 36.4 Å². The van der Waals surface area contributed by atoms with E-state index in [1.165, 1.54) is 49.1 Å². The van der Waals surface area contributed by atoms with Gasteiger partial charge in [0.05, 0.1) is 11.0 Å². The molecule has 0 saturated heterocycles. The molecule has 0 aliphatic heterocycles. The SMILES string of the molecule is c1ccc(-c2ccc3cc(-c4nc(-c5ccccc5)nc(-c5cccc(-c6ccc(-n7c8ccccc8c8cc9ccccc9cc87)cc6)c5)n4)ccc3c2)cc1. The van der Waals surface area contributed by atoms with Crippen molar-refractivity contribution >= 4 is 43.4 Å². The third-order valence-electron chi connectivity index (χ3n) is 11.0. The van der Waals surface area contributed by atoms with Crippen LogP contribution in [-0.4, -0.2) is 19.5 Å². The second kappa shape index (κ2) is 13.6. The summed E-state index contributed by atoms with van der Waals surface area (Å²) >= 11 is 0. The van der Waals surface area contributed by atoms with Crippen LogP contribution < -0.4 is 0 Å². The van der Waals surface area contributed by atoms with E-state index in [9.17, 15) is 0 Å². The van der Waals surface area contributed by atoms with E-state index in [-0.39, 0.29) is 0 Å². The zero-order chi connectivity index (χ0) is 37.7. The number of nitrogens with zero attached hydrogens (tertiary/aromatic N) is 4. The first-order chi connectivity index (χ1) is 28.2. The summed E-state index contributed by atoms with van der Waals surface area (Å²) in [5.41, 5.74) is 10.9. The molecular formula is C53H34N4. The van der Waals surface area contributed by atoms with Gasteiger partial charge in [-0.2, -0.15) is 0 Å². The molecule has 0 radical (unpaired) electrons. The molecule has 0 bridgehead atoms. The molecule has 0 saturated carbocycles. The average molecular weight is 727 g/mol. The lowest BCUT2D eigenvalue weighted by Gasteiger charge is -2.12. The number of benzene rings is 9. The van der Waals surface area contributed by atoms with Gasteiger partial charge in [0.1, 0.15) is 0 Å². The van der Waals surface area contributed by atoms with Crippen molar-refractivity contribution in [2.75, 3.05) is 0 Å². The largest absolute Gasteiger partial charge is 0.309 e. The van der Waals surface area contributed by atoms with Crippen LogP contribution in [0.1, 0.15) is 0 Å². The summed E-state index contributed by atoms with van der Waals surface area (Å²) in [7, 11) is 0. The molecule has 0 spiro atoms. The monoisotopic (exact) mass is 726 g/mol. The Morgan fingerprint density at radius 1 is 0.263 bits per heavy atom. The minimum atomic E-state index is 0.634. The van der Waals surface area contributed by atoms with Crippen molar-refractivity contribution in [2.24, 2.45) is 0 Å². The molecule has 9 aromatic carbocycles. The Morgan fingerprint density at radius 3 is 1.47 bits per heavy atom. The van der Waals surface area contributed by atoms with E-state index in [2.05, 4.69) is 174 Å². The van der Waals surface area contributed by atoms with E-state index in [0.717, 1.165) is 38.9 Å². The highest BCUT2D eigenvalue weighted by Gasteiger charge is 2.16. The molecule has 4 heteroatoms. The molecule has 0 aliphatic carbocycles. The van der Waals surface area contributed by atoms with Crippen LogP contribution in [0.4, 0.5) is 0 Å². The summed E-state index contributed by atoms with van der Waals surface area (Å²) in [4.78, 5) is 15.2. The highest BCUT2D eigenvalue weighted by atomic mass is 15.0. The van der Waals surface area contributed by atoms with E-state index in [0.29, 0.717) is 17.5 Å². The molecule has 266 valence electrons. The Hall–Kier alpha value is -7.69. The van der Waals surface area contributed by atoms with Crippen molar-refractivity contribution in [3.8, 4) is 62.1 Å². The summed E-state index contributed by atoms with van der Waals surface area (Å²) in [6.45, 7) is 0. The molecule has 0 aliphatic rings. The minimum absolute atomic E-state index is 0.634. The first kappa shape index (κ1) is 32.7. The first-order valence-corrected chi connectivity index (χ1v) is 19.3. The Labute approximate surface area is 330 Å². The van der Waals surface area contributed by atoms with Gasteiger partial charge in [-0.25, -0.2) is 15.0 Å². The van der Waals surface area contributed by atoms with Gasteiger partial charge in [-0.05, 0) is 92.3 Å². The second-order valence-electron chi connectivity index (χ2n) is 14.5. The second-order valence-corrected chi connectivity index (χ2v) is 14.5. The van der Waals surface area contributed by atoms with Crippen molar-refractivity contribution < 1.29 is 0 Å². The molecule has 0 N–H and O–H groups in total. The molecule has 0 unspecified atom stereocenters. The van der Waals surface area contributed by atoms with Crippen LogP contribution in [0.3, 0.4) is 0 Å². The van der Waals surface area contributed by atoms with Crippen LogP contribution in [0, 0.1) is 0 Å². The fourth-order valence-electron chi connectivity index (χ4n) is 8.12. The Kier molecular flexibility index (Phi) is 7.78. The molecule has 11 aromatic rings. The number of hydrogen-bond donors (Lipinski definition) is 0. The van der Waals surface area contributed by atoms with Gasteiger partial charge in [0.2, 0.25) is 0 Å². The number of hydrogen-bond acceptors (Lipinski definition) is 3. The van der Waals surface area contributed by atoms with Gasteiger partial charge in [0.15, 0.2) is 17.5 Å². The number of aromatic nitrogens is 4. The van der Waals surface area contributed by atoms with Crippen LogP contribution in [0.15, 0.2) is 206 Å². The van der Waals surface area contributed by atoms with Crippen LogP contribution >= 0.6 is 0 Å².